The first-order valence-corrected chi connectivity index (χ1v) is 6.98. The highest BCUT2D eigenvalue weighted by molar-refractivity contribution is 5.88. The van der Waals surface area contributed by atoms with Crippen LogP contribution in [-0.4, -0.2) is 28.0 Å². The van der Waals surface area contributed by atoms with E-state index in [-0.39, 0.29) is 5.56 Å². The highest BCUT2D eigenvalue weighted by atomic mass is 16.5. The lowest BCUT2D eigenvalue weighted by Gasteiger charge is -2.12. The summed E-state index contributed by atoms with van der Waals surface area (Å²) >= 11 is 0. The third-order valence-corrected chi connectivity index (χ3v) is 3.27. The third-order valence-electron chi connectivity index (χ3n) is 3.27. The maximum atomic E-state index is 12.1. The summed E-state index contributed by atoms with van der Waals surface area (Å²) in [4.78, 5) is 23.4. The van der Waals surface area contributed by atoms with E-state index in [9.17, 15) is 14.7 Å². The van der Waals surface area contributed by atoms with Gasteiger partial charge in [0.05, 0.1) is 12.8 Å². The van der Waals surface area contributed by atoms with Crippen LogP contribution in [0.3, 0.4) is 0 Å². The Balaban J connectivity index is 2.73. The summed E-state index contributed by atoms with van der Waals surface area (Å²) in [6.45, 7) is 4.18. The molecule has 0 atom stereocenters. The Morgan fingerprint density at radius 3 is 2.68 bits per heavy atom. The Kier molecular flexibility index (Phi) is 4.60. The molecule has 0 saturated carbocycles. The molecule has 1 N–H and O–H groups in total. The normalized spacial score (nSPS) is 10.5. The minimum Gasteiger partial charge on any atom is -0.496 e. The molecule has 2 rings (SSSR count). The van der Waals surface area contributed by atoms with E-state index >= 15 is 0 Å². The molecule has 0 unspecified atom stereocenters. The molecule has 0 aliphatic rings. The molecule has 6 heteroatoms. The topological polar surface area (TPSA) is 81.4 Å². The van der Waals surface area contributed by atoms with Crippen LogP contribution in [0.15, 0.2) is 29.1 Å². The third kappa shape index (κ3) is 3.00. The van der Waals surface area contributed by atoms with Crippen LogP contribution in [0.1, 0.15) is 29.3 Å². The minimum absolute atomic E-state index is 0.290. The molecule has 1 aromatic heterocycles. The highest BCUT2D eigenvalue weighted by Crippen LogP contribution is 2.29. The summed E-state index contributed by atoms with van der Waals surface area (Å²) in [5.41, 5.74) is 1.18. The monoisotopic (exact) mass is 302 g/mol. The molecule has 6 nitrogen and oxygen atoms in total. The second kappa shape index (κ2) is 6.43. The van der Waals surface area contributed by atoms with Gasteiger partial charge in [0, 0.05) is 12.1 Å². The van der Waals surface area contributed by atoms with Crippen molar-refractivity contribution < 1.29 is 14.6 Å². The quantitative estimate of drug-likeness (QED) is 0.916. The van der Waals surface area contributed by atoms with Gasteiger partial charge >= 0.3 is 5.97 Å². The molecular weight excluding hydrogens is 284 g/mol. The lowest BCUT2D eigenvalue weighted by Crippen LogP contribution is -2.29. The van der Waals surface area contributed by atoms with Gasteiger partial charge in [-0.15, -0.1) is 0 Å². The van der Waals surface area contributed by atoms with Crippen molar-refractivity contribution in [2.75, 3.05) is 7.11 Å². The van der Waals surface area contributed by atoms with Crippen LogP contribution in [0.25, 0.3) is 11.3 Å². The van der Waals surface area contributed by atoms with Crippen molar-refractivity contribution in [1.29, 1.82) is 0 Å². The Hall–Kier alpha value is -2.63. The number of carboxylic acid groups (broad SMARTS) is 1. The van der Waals surface area contributed by atoms with Gasteiger partial charge in [-0.05, 0) is 31.5 Å². The summed E-state index contributed by atoms with van der Waals surface area (Å²) in [6.07, 6.45) is 0.681. The standard InChI is InChI=1S/C16H18N2O4/c1-4-7-18-15(19)12(16(20)21)9-13(17-18)11-8-10(2)5-6-14(11)22-3/h5-6,8-9H,4,7H2,1-3H3,(H,20,21). The largest absolute Gasteiger partial charge is 0.496 e. The molecule has 2 aromatic rings. The molecule has 0 radical (unpaired) electrons. The fraction of sp³-hybridized carbons (Fsp3) is 0.312. The van der Waals surface area contributed by atoms with Gasteiger partial charge in [0.2, 0.25) is 0 Å². The van der Waals surface area contributed by atoms with Crippen molar-refractivity contribution in [3.05, 3.63) is 45.7 Å². The number of benzene rings is 1. The predicted octanol–water partition coefficient (Wildman–Crippen LogP) is 2.34. The summed E-state index contributed by atoms with van der Waals surface area (Å²) in [7, 11) is 1.54. The van der Waals surface area contributed by atoms with Gasteiger partial charge in [-0.2, -0.15) is 5.10 Å². The van der Waals surface area contributed by atoms with Crippen LogP contribution < -0.4 is 10.3 Å². The number of nitrogens with zero attached hydrogens (tertiary/aromatic N) is 2. The Bertz CT molecular complexity index is 765. The number of hydrogen-bond donors (Lipinski definition) is 1. The van der Waals surface area contributed by atoms with Gasteiger partial charge in [-0.3, -0.25) is 4.79 Å². The maximum Gasteiger partial charge on any atom is 0.341 e. The van der Waals surface area contributed by atoms with Crippen molar-refractivity contribution in [2.24, 2.45) is 0 Å². The zero-order chi connectivity index (χ0) is 16.3. The smallest absolute Gasteiger partial charge is 0.341 e. The second-order valence-electron chi connectivity index (χ2n) is 4.98. The molecule has 1 heterocycles. The van der Waals surface area contributed by atoms with E-state index in [1.807, 2.05) is 26.0 Å². The summed E-state index contributed by atoms with van der Waals surface area (Å²) in [5.74, 6) is -0.679. The molecule has 0 saturated heterocycles. The van der Waals surface area contributed by atoms with Crippen molar-refractivity contribution in [1.82, 2.24) is 9.78 Å². The van der Waals surface area contributed by atoms with Crippen LogP contribution in [0, 0.1) is 6.92 Å². The summed E-state index contributed by atoms with van der Waals surface area (Å²) in [6, 6.07) is 6.84. The number of carbonyl (C=O) groups is 1. The number of ether oxygens (including phenoxy) is 1. The second-order valence-corrected chi connectivity index (χ2v) is 4.98. The zero-order valence-corrected chi connectivity index (χ0v) is 12.8. The summed E-state index contributed by atoms with van der Waals surface area (Å²) in [5, 5.41) is 13.5. The van der Waals surface area contributed by atoms with E-state index in [0.29, 0.717) is 30.0 Å². The van der Waals surface area contributed by atoms with Gasteiger partial charge in [0.1, 0.15) is 11.3 Å². The highest BCUT2D eigenvalue weighted by Gasteiger charge is 2.17. The van der Waals surface area contributed by atoms with E-state index in [1.165, 1.54) is 17.9 Å². The first-order valence-electron chi connectivity index (χ1n) is 6.98. The van der Waals surface area contributed by atoms with E-state index in [1.54, 1.807) is 6.07 Å². The van der Waals surface area contributed by atoms with Crippen molar-refractivity contribution >= 4 is 5.97 Å². The zero-order valence-electron chi connectivity index (χ0n) is 12.8. The van der Waals surface area contributed by atoms with E-state index in [0.717, 1.165) is 5.56 Å². The SMILES string of the molecule is CCCn1nc(-c2cc(C)ccc2OC)cc(C(=O)O)c1=O. The molecule has 0 aliphatic heterocycles. The van der Waals surface area contributed by atoms with Crippen LogP contribution >= 0.6 is 0 Å². The molecule has 116 valence electrons. The average molecular weight is 302 g/mol. The van der Waals surface area contributed by atoms with Crippen molar-refractivity contribution in [2.45, 2.75) is 26.8 Å². The molecule has 0 fully saturated rings. The maximum absolute atomic E-state index is 12.1. The number of aromatic carboxylic acids is 1. The number of carboxylic acids is 1. The van der Waals surface area contributed by atoms with Crippen LogP contribution in [0.5, 0.6) is 5.75 Å². The first kappa shape index (κ1) is 15.8. The molecule has 22 heavy (non-hydrogen) atoms. The number of hydrogen-bond acceptors (Lipinski definition) is 4. The van der Waals surface area contributed by atoms with E-state index < -0.39 is 11.5 Å². The fourth-order valence-electron chi connectivity index (χ4n) is 2.21. The Morgan fingerprint density at radius 1 is 1.36 bits per heavy atom. The van der Waals surface area contributed by atoms with E-state index in [4.69, 9.17) is 4.74 Å². The van der Waals surface area contributed by atoms with Gasteiger partial charge in [-0.1, -0.05) is 18.6 Å². The van der Waals surface area contributed by atoms with Gasteiger partial charge in [-0.25, -0.2) is 9.48 Å². The number of aromatic nitrogens is 2. The number of rotatable bonds is 5. The molecule has 0 aliphatic carbocycles. The lowest BCUT2D eigenvalue weighted by atomic mass is 10.1. The van der Waals surface area contributed by atoms with Crippen molar-refractivity contribution in [3.8, 4) is 17.0 Å². The van der Waals surface area contributed by atoms with Gasteiger partial charge in [0.25, 0.3) is 5.56 Å². The van der Waals surface area contributed by atoms with Crippen LogP contribution in [0.4, 0.5) is 0 Å². The Labute approximate surface area is 128 Å². The fourth-order valence-corrected chi connectivity index (χ4v) is 2.21. The van der Waals surface area contributed by atoms with Gasteiger partial charge < -0.3 is 9.84 Å². The number of methoxy groups -OCH3 is 1. The first-order chi connectivity index (χ1) is 10.5. The molecule has 0 amide bonds. The summed E-state index contributed by atoms with van der Waals surface area (Å²) < 4.78 is 6.51. The molecule has 0 spiro atoms. The predicted molar refractivity (Wildman–Crippen MR) is 82.5 cm³/mol. The Morgan fingerprint density at radius 2 is 2.09 bits per heavy atom. The lowest BCUT2D eigenvalue weighted by molar-refractivity contribution is 0.0693. The van der Waals surface area contributed by atoms with Crippen LogP contribution in [0.2, 0.25) is 0 Å². The van der Waals surface area contributed by atoms with Crippen LogP contribution in [-0.2, 0) is 6.54 Å². The molecule has 1 aromatic carbocycles. The molecular formula is C16H18N2O4. The number of aryl methyl sites for hydroxylation is 2. The van der Waals surface area contributed by atoms with Crippen molar-refractivity contribution in [3.63, 3.8) is 0 Å². The van der Waals surface area contributed by atoms with E-state index in [2.05, 4.69) is 5.10 Å². The molecule has 0 bridgehead atoms. The average Bonchev–Trinajstić information content (AvgIpc) is 2.49. The minimum atomic E-state index is -1.26. The van der Waals surface area contributed by atoms with Gasteiger partial charge in [0.15, 0.2) is 0 Å².